The van der Waals surface area contributed by atoms with E-state index in [0.29, 0.717) is 13.2 Å². The van der Waals surface area contributed by atoms with Crippen molar-refractivity contribution in [1.29, 1.82) is 0 Å². The molecular formula is C24H28F6O6. The van der Waals surface area contributed by atoms with Crippen molar-refractivity contribution in [2.24, 2.45) is 0 Å². The van der Waals surface area contributed by atoms with Gasteiger partial charge in [0.05, 0.1) is 13.2 Å². The molecule has 0 amide bonds. The lowest BCUT2D eigenvalue weighted by molar-refractivity contribution is -0.276. The van der Waals surface area contributed by atoms with Gasteiger partial charge in [-0.15, -0.1) is 26.3 Å². The van der Waals surface area contributed by atoms with Crippen molar-refractivity contribution in [1.82, 2.24) is 0 Å². The second-order valence-corrected chi connectivity index (χ2v) is 7.88. The van der Waals surface area contributed by atoms with Gasteiger partial charge in [0, 0.05) is 12.1 Å². The van der Waals surface area contributed by atoms with Gasteiger partial charge in [-0.05, 0) is 37.1 Å². The average Bonchev–Trinajstić information content (AvgIpc) is 2.76. The van der Waals surface area contributed by atoms with Crippen molar-refractivity contribution in [3.05, 3.63) is 36.4 Å². The number of rotatable bonds is 15. The molecule has 0 aliphatic rings. The molecule has 2 rings (SSSR count). The number of hydrogen-bond donors (Lipinski definition) is 2. The number of alkyl halides is 6. The largest absolute Gasteiger partial charge is 0.573 e. The van der Waals surface area contributed by atoms with Crippen LogP contribution in [-0.4, -0.2) is 36.2 Å². The Labute approximate surface area is 204 Å². The van der Waals surface area contributed by atoms with E-state index in [4.69, 9.17) is 9.47 Å². The number of phenolic OH excluding ortho intramolecular Hbond substituents is 2. The summed E-state index contributed by atoms with van der Waals surface area (Å²) in [7, 11) is 0. The lowest BCUT2D eigenvalue weighted by Crippen LogP contribution is -2.17. The SMILES string of the molecule is Oc1ccc(OCCCCCCCCCCOc2ccc(O)c(OC(F)(F)F)c2)cc1OC(F)(F)F. The average molecular weight is 526 g/mol. The second-order valence-electron chi connectivity index (χ2n) is 7.88. The highest BCUT2D eigenvalue weighted by atomic mass is 19.4. The fourth-order valence-corrected chi connectivity index (χ4v) is 3.23. The molecular weight excluding hydrogens is 498 g/mol. The van der Waals surface area contributed by atoms with Crippen molar-refractivity contribution >= 4 is 0 Å². The molecule has 0 atom stereocenters. The van der Waals surface area contributed by atoms with Crippen LogP contribution >= 0.6 is 0 Å². The summed E-state index contributed by atoms with van der Waals surface area (Å²) in [6, 6.07) is 6.85. The third-order valence-corrected chi connectivity index (χ3v) is 4.89. The number of ether oxygens (including phenoxy) is 4. The molecule has 12 heteroatoms. The molecule has 2 aromatic rings. The van der Waals surface area contributed by atoms with Crippen LogP contribution in [0.1, 0.15) is 51.4 Å². The van der Waals surface area contributed by atoms with Crippen molar-refractivity contribution in [3.8, 4) is 34.5 Å². The number of aromatic hydroxyl groups is 2. The van der Waals surface area contributed by atoms with Gasteiger partial charge in [-0.1, -0.05) is 38.5 Å². The quantitative estimate of drug-likeness (QED) is 0.185. The Balaban J connectivity index is 1.50. The normalized spacial score (nSPS) is 11.8. The fourth-order valence-electron chi connectivity index (χ4n) is 3.23. The maximum atomic E-state index is 12.3. The topological polar surface area (TPSA) is 77.4 Å². The van der Waals surface area contributed by atoms with Gasteiger partial charge < -0.3 is 29.2 Å². The van der Waals surface area contributed by atoms with Crippen LogP contribution in [-0.2, 0) is 0 Å². The Bertz CT molecular complexity index is 857. The summed E-state index contributed by atoms with van der Waals surface area (Å²) in [6.45, 7) is 0.640. The first kappa shape index (κ1) is 29.1. The first-order valence-corrected chi connectivity index (χ1v) is 11.4. The molecule has 0 bridgehead atoms. The minimum Gasteiger partial charge on any atom is -0.504 e. The molecule has 0 aliphatic heterocycles. The molecule has 0 unspecified atom stereocenters. The van der Waals surface area contributed by atoms with E-state index in [0.717, 1.165) is 75.6 Å². The summed E-state index contributed by atoms with van der Waals surface area (Å²) in [5.41, 5.74) is 0. The van der Waals surface area contributed by atoms with Crippen molar-refractivity contribution in [2.45, 2.75) is 64.1 Å². The van der Waals surface area contributed by atoms with E-state index in [1.807, 2.05) is 0 Å². The molecule has 0 aromatic heterocycles. The van der Waals surface area contributed by atoms with E-state index in [1.165, 1.54) is 12.1 Å². The van der Waals surface area contributed by atoms with Crippen LogP contribution in [0.5, 0.6) is 34.5 Å². The fraction of sp³-hybridized carbons (Fsp3) is 0.500. The lowest BCUT2D eigenvalue weighted by Gasteiger charge is -2.12. The molecule has 6 nitrogen and oxygen atoms in total. The van der Waals surface area contributed by atoms with Gasteiger partial charge >= 0.3 is 12.7 Å². The molecule has 0 heterocycles. The zero-order valence-electron chi connectivity index (χ0n) is 19.3. The van der Waals surface area contributed by atoms with Crippen molar-refractivity contribution in [3.63, 3.8) is 0 Å². The standard InChI is InChI=1S/C24H28F6O6/c25-23(26,27)35-21-15-17(9-11-19(21)31)33-13-7-5-3-1-2-4-6-8-14-34-18-10-12-20(32)22(16-18)36-24(28,29)30/h9-12,15-16,31-32H,1-8,13-14H2. The molecule has 0 aliphatic carbocycles. The van der Waals surface area contributed by atoms with Crippen LogP contribution in [0.4, 0.5) is 26.3 Å². The summed E-state index contributed by atoms with van der Waals surface area (Å²) in [5.74, 6) is -2.34. The first-order chi connectivity index (χ1) is 16.9. The molecule has 0 spiro atoms. The molecule has 0 fully saturated rings. The summed E-state index contributed by atoms with van der Waals surface area (Å²) in [4.78, 5) is 0. The van der Waals surface area contributed by atoms with Crippen molar-refractivity contribution in [2.75, 3.05) is 13.2 Å². The first-order valence-electron chi connectivity index (χ1n) is 11.4. The Hall–Kier alpha value is -3.18. The van der Waals surface area contributed by atoms with Crippen LogP contribution in [0.3, 0.4) is 0 Å². The van der Waals surface area contributed by atoms with Crippen LogP contribution in [0, 0.1) is 0 Å². The highest BCUT2D eigenvalue weighted by Gasteiger charge is 2.33. The Morgan fingerprint density at radius 2 is 0.861 bits per heavy atom. The summed E-state index contributed by atoms with van der Waals surface area (Å²) < 4.78 is 92.2. The Morgan fingerprint density at radius 1 is 0.528 bits per heavy atom. The molecule has 0 radical (unpaired) electrons. The van der Waals surface area contributed by atoms with E-state index >= 15 is 0 Å². The van der Waals surface area contributed by atoms with Gasteiger partial charge in [0.15, 0.2) is 23.0 Å². The second kappa shape index (κ2) is 13.8. The van der Waals surface area contributed by atoms with Crippen LogP contribution in [0.15, 0.2) is 36.4 Å². The third-order valence-electron chi connectivity index (χ3n) is 4.89. The molecule has 36 heavy (non-hydrogen) atoms. The summed E-state index contributed by atoms with van der Waals surface area (Å²) in [5, 5.41) is 18.9. The van der Waals surface area contributed by atoms with Gasteiger partial charge in [-0.2, -0.15) is 0 Å². The van der Waals surface area contributed by atoms with E-state index in [1.54, 1.807) is 0 Å². The predicted molar refractivity (Wildman–Crippen MR) is 118 cm³/mol. The smallest absolute Gasteiger partial charge is 0.504 e. The van der Waals surface area contributed by atoms with E-state index < -0.39 is 35.7 Å². The highest BCUT2D eigenvalue weighted by Crippen LogP contribution is 2.35. The number of unbranched alkanes of at least 4 members (excludes halogenated alkanes) is 7. The summed E-state index contributed by atoms with van der Waals surface area (Å²) in [6.07, 6.45) is -2.68. The molecule has 202 valence electrons. The van der Waals surface area contributed by atoms with Crippen LogP contribution in [0.25, 0.3) is 0 Å². The third kappa shape index (κ3) is 12.0. The number of halogens is 6. The summed E-state index contributed by atoms with van der Waals surface area (Å²) >= 11 is 0. The maximum Gasteiger partial charge on any atom is 0.573 e. The van der Waals surface area contributed by atoms with Crippen molar-refractivity contribution < 1.29 is 55.5 Å². The molecule has 2 N–H and O–H groups in total. The van der Waals surface area contributed by atoms with E-state index in [2.05, 4.69) is 9.47 Å². The maximum absolute atomic E-state index is 12.3. The Morgan fingerprint density at radius 3 is 1.19 bits per heavy atom. The predicted octanol–water partition coefficient (Wildman–Crippen LogP) is 7.47. The van der Waals surface area contributed by atoms with Crippen LogP contribution in [0.2, 0.25) is 0 Å². The Kier molecular flexibility index (Phi) is 11.1. The molecule has 2 aromatic carbocycles. The van der Waals surface area contributed by atoms with E-state index in [-0.39, 0.29) is 11.5 Å². The zero-order chi connectivity index (χ0) is 26.6. The number of phenols is 2. The van der Waals surface area contributed by atoms with Gasteiger partial charge in [0.2, 0.25) is 0 Å². The monoisotopic (exact) mass is 526 g/mol. The van der Waals surface area contributed by atoms with Crippen LogP contribution < -0.4 is 18.9 Å². The highest BCUT2D eigenvalue weighted by molar-refractivity contribution is 5.45. The molecule has 0 saturated carbocycles. The minimum absolute atomic E-state index is 0.172. The number of benzene rings is 2. The molecule has 0 saturated heterocycles. The minimum atomic E-state index is -4.91. The van der Waals surface area contributed by atoms with Gasteiger partial charge in [0.1, 0.15) is 11.5 Å². The van der Waals surface area contributed by atoms with Gasteiger partial charge in [-0.25, -0.2) is 0 Å². The lowest BCUT2D eigenvalue weighted by atomic mass is 10.1. The number of hydrogen-bond acceptors (Lipinski definition) is 6. The van der Waals surface area contributed by atoms with Gasteiger partial charge in [-0.3, -0.25) is 0 Å². The van der Waals surface area contributed by atoms with Gasteiger partial charge in [0.25, 0.3) is 0 Å². The zero-order valence-corrected chi connectivity index (χ0v) is 19.3. The van der Waals surface area contributed by atoms with E-state index in [9.17, 15) is 36.6 Å².